The molecule has 5 heteroatoms. The lowest BCUT2D eigenvalue weighted by Crippen LogP contribution is -2.39. The van der Waals surface area contributed by atoms with Gasteiger partial charge in [-0.25, -0.2) is 0 Å². The van der Waals surface area contributed by atoms with Crippen molar-refractivity contribution >= 4 is 11.9 Å². The van der Waals surface area contributed by atoms with Crippen molar-refractivity contribution in [2.45, 2.75) is 26.3 Å². The number of ether oxygens (including phenoxy) is 2. The van der Waals surface area contributed by atoms with Gasteiger partial charge in [0.05, 0.1) is 19.6 Å². The Bertz CT molecular complexity index is 215. The van der Waals surface area contributed by atoms with E-state index in [-0.39, 0.29) is 12.4 Å². The Balaban J connectivity index is 4.27. The highest BCUT2D eigenvalue weighted by molar-refractivity contribution is 5.82. The van der Waals surface area contributed by atoms with Gasteiger partial charge in [0, 0.05) is 0 Å². The molecule has 0 aromatic heterocycles. The van der Waals surface area contributed by atoms with Crippen LogP contribution in [-0.2, 0) is 19.1 Å². The van der Waals surface area contributed by atoms with E-state index in [2.05, 4.69) is 0 Å². The first-order valence-electron chi connectivity index (χ1n) is 5.01. The summed E-state index contributed by atoms with van der Waals surface area (Å²) in [6, 6.07) is -0.566. The number of carbonyl (C=O) groups excluding carboxylic acids is 2. The SMILES string of the molecule is CCOC(=O)CC(C(=O)OCC)N(C)C. The van der Waals surface area contributed by atoms with Gasteiger partial charge in [-0.15, -0.1) is 0 Å². The van der Waals surface area contributed by atoms with Gasteiger partial charge in [0.1, 0.15) is 6.04 Å². The Morgan fingerprint density at radius 3 is 2.07 bits per heavy atom. The molecule has 0 aromatic rings. The third kappa shape index (κ3) is 5.37. The molecule has 1 unspecified atom stereocenters. The second kappa shape index (κ2) is 7.23. The van der Waals surface area contributed by atoms with Gasteiger partial charge in [0.2, 0.25) is 0 Å². The molecule has 0 bridgehead atoms. The Labute approximate surface area is 90.3 Å². The minimum Gasteiger partial charge on any atom is -0.466 e. The molecule has 0 rings (SSSR count). The minimum absolute atomic E-state index is 0.0275. The molecule has 88 valence electrons. The van der Waals surface area contributed by atoms with Crippen LogP contribution in [0.15, 0.2) is 0 Å². The highest BCUT2D eigenvalue weighted by Crippen LogP contribution is 2.04. The van der Waals surface area contributed by atoms with Crippen LogP contribution in [0, 0.1) is 0 Å². The van der Waals surface area contributed by atoms with E-state index in [4.69, 9.17) is 9.47 Å². The molecular weight excluding hydrogens is 198 g/mol. The van der Waals surface area contributed by atoms with Gasteiger partial charge in [0.15, 0.2) is 0 Å². The van der Waals surface area contributed by atoms with Crippen molar-refractivity contribution in [3.8, 4) is 0 Å². The molecule has 0 aliphatic carbocycles. The molecule has 0 aliphatic rings. The molecule has 5 nitrogen and oxygen atoms in total. The van der Waals surface area contributed by atoms with Gasteiger partial charge >= 0.3 is 11.9 Å². The highest BCUT2D eigenvalue weighted by atomic mass is 16.5. The van der Waals surface area contributed by atoms with Crippen LogP contribution < -0.4 is 0 Å². The van der Waals surface area contributed by atoms with Crippen LogP contribution in [0.2, 0.25) is 0 Å². The highest BCUT2D eigenvalue weighted by Gasteiger charge is 2.25. The summed E-state index contributed by atoms with van der Waals surface area (Å²) in [5, 5.41) is 0. The van der Waals surface area contributed by atoms with Crippen LogP contribution in [0.1, 0.15) is 20.3 Å². The summed E-state index contributed by atoms with van der Waals surface area (Å²) in [5.41, 5.74) is 0. The first-order valence-corrected chi connectivity index (χ1v) is 5.01. The smallest absolute Gasteiger partial charge is 0.323 e. The fourth-order valence-electron chi connectivity index (χ4n) is 1.09. The van der Waals surface area contributed by atoms with E-state index in [1.54, 1.807) is 32.8 Å². The molecule has 0 saturated heterocycles. The predicted molar refractivity (Wildman–Crippen MR) is 55.4 cm³/mol. The monoisotopic (exact) mass is 217 g/mol. The number of rotatable bonds is 6. The number of nitrogens with zero attached hydrogens (tertiary/aromatic N) is 1. The van der Waals surface area contributed by atoms with Gasteiger partial charge in [0.25, 0.3) is 0 Å². The van der Waals surface area contributed by atoms with E-state index >= 15 is 0 Å². The Kier molecular flexibility index (Phi) is 6.70. The van der Waals surface area contributed by atoms with Gasteiger partial charge in [-0.1, -0.05) is 0 Å². The maximum Gasteiger partial charge on any atom is 0.323 e. The lowest BCUT2D eigenvalue weighted by Gasteiger charge is -2.21. The molecule has 0 fully saturated rings. The summed E-state index contributed by atoms with van der Waals surface area (Å²) in [6.07, 6.45) is 0.0275. The first kappa shape index (κ1) is 13.9. The molecule has 0 N–H and O–H groups in total. The average molecular weight is 217 g/mol. The van der Waals surface area contributed by atoms with Crippen LogP contribution in [0.25, 0.3) is 0 Å². The van der Waals surface area contributed by atoms with E-state index in [9.17, 15) is 9.59 Å². The molecule has 15 heavy (non-hydrogen) atoms. The zero-order valence-corrected chi connectivity index (χ0v) is 9.78. The Morgan fingerprint density at radius 1 is 1.13 bits per heavy atom. The van der Waals surface area contributed by atoms with Crippen molar-refractivity contribution in [2.24, 2.45) is 0 Å². The van der Waals surface area contributed by atoms with Crippen molar-refractivity contribution in [1.29, 1.82) is 0 Å². The third-order valence-electron chi connectivity index (χ3n) is 1.85. The lowest BCUT2D eigenvalue weighted by molar-refractivity contribution is -0.155. The minimum atomic E-state index is -0.566. The first-order chi connectivity index (χ1) is 7.02. The van der Waals surface area contributed by atoms with Crippen molar-refractivity contribution in [2.75, 3.05) is 27.3 Å². The van der Waals surface area contributed by atoms with Gasteiger partial charge in [-0.2, -0.15) is 0 Å². The van der Waals surface area contributed by atoms with Crippen molar-refractivity contribution < 1.29 is 19.1 Å². The second-order valence-electron chi connectivity index (χ2n) is 3.24. The van der Waals surface area contributed by atoms with Gasteiger partial charge < -0.3 is 9.47 Å². The normalized spacial score (nSPS) is 12.3. The standard InChI is InChI=1S/C10H19NO4/c1-5-14-9(12)7-8(11(3)4)10(13)15-6-2/h8H,5-7H2,1-4H3. The van der Waals surface area contributed by atoms with Gasteiger partial charge in [-0.05, 0) is 27.9 Å². The molecule has 0 saturated carbocycles. The number of esters is 2. The Morgan fingerprint density at radius 2 is 1.67 bits per heavy atom. The number of hydrogen-bond acceptors (Lipinski definition) is 5. The molecule has 1 atom stereocenters. The zero-order valence-electron chi connectivity index (χ0n) is 9.78. The third-order valence-corrected chi connectivity index (χ3v) is 1.85. The second-order valence-corrected chi connectivity index (χ2v) is 3.24. The fourth-order valence-corrected chi connectivity index (χ4v) is 1.09. The number of carbonyl (C=O) groups is 2. The van der Waals surface area contributed by atoms with E-state index in [0.29, 0.717) is 13.2 Å². The number of hydrogen-bond donors (Lipinski definition) is 0. The molecular formula is C10H19NO4. The fraction of sp³-hybridized carbons (Fsp3) is 0.800. The molecule has 0 radical (unpaired) electrons. The molecule has 0 aliphatic heterocycles. The van der Waals surface area contributed by atoms with Crippen molar-refractivity contribution in [3.63, 3.8) is 0 Å². The van der Waals surface area contributed by atoms with Crippen LogP contribution in [0.4, 0.5) is 0 Å². The zero-order chi connectivity index (χ0) is 11.8. The van der Waals surface area contributed by atoms with Crippen molar-refractivity contribution in [3.05, 3.63) is 0 Å². The average Bonchev–Trinajstić information content (AvgIpc) is 2.14. The molecule has 0 amide bonds. The quantitative estimate of drug-likeness (QED) is 0.604. The van der Waals surface area contributed by atoms with Crippen LogP contribution in [-0.4, -0.2) is 50.2 Å². The van der Waals surface area contributed by atoms with Crippen LogP contribution >= 0.6 is 0 Å². The summed E-state index contributed by atoms with van der Waals surface area (Å²) >= 11 is 0. The van der Waals surface area contributed by atoms with E-state index in [0.717, 1.165) is 0 Å². The summed E-state index contributed by atoms with van der Waals surface area (Å²) in [6.45, 7) is 4.09. The van der Waals surface area contributed by atoms with Crippen LogP contribution in [0.5, 0.6) is 0 Å². The largest absolute Gasteiger partial charge is 0.466 e. The molecule has 0 aromatic carbocycles. The Hall–Kier alpha value is -1.10. The summed E-state index contributed by atoms with van der Waals surface area (Å²) in [7, 11) is 3.45. The molecule has 0 spiro atoms. The van der Waals surface area contributed by atoms with E-state index in [1.807, 2.05) is 0 Å². The summed E-state index contributed by atoms with van der Waals surface area (Å²) in [4.78, 5) is 24.3. The number of likely N-dealkylation sites (N-methyl/N-ethyl adjacent to an activating group) is 1. The van der Waals surface area contributed by atoms with Gasteiger partial charge in [-0.3, -0.25) is 14.5 Å². The maximum atomic E-state index is 11.5. The lowest BCUT2D eigenvalue weighted by atomic mass is 10.2. The summed E-state index contributed by atoms with van der Waals surface area (Å²) < 4.78 is 9.63. The predicted octanol–water partition coefficient (Wildman–Crippen LogP) is 0.433. The summed E-state index contributed by atoms with van der Waals surface area (Å²) in [5.74, 6) is -0.778. The van der Waals surface area contributed by atoms with E-state index in [1.165, 1.54) is 0 Å². The van der Waals surface area contributed by atoms with Crippen molar-refractivity contribution in [1.82, 2.24) is 4.90 Å². The molecule has 0 heterocycles. The van der Waals surface area contributed by atoms with Crippen LogP contribution in [0.3, 0.4) is 0 Å². The van der Waals surface area contributed by atoms with E-state index < -0.39 is 12.0 Å². The maximum absolute atomic E-state index is 11.5. The topological polar surface area (TPSA) is 55.8 Å².